The largest absolute Gasteiger partial charge is 0.465 e. The molecule has 0 spiro atoms. The van der Waals surface area contributed by atoms with Gasteiger partial charge < -0.3 is 14.5 Å². The number of fused-ring (bicyclic) bond motifs is 2. The quantitative estimate of drug-likeness (QED) is 0.340. The lowest BCUT2D eigenvalue weighted by molar-refractivity contribution is -0.115. The molecule has 0 aliphatic rings. The van der Waals surface area contributed by atoms with Gasteiger partial charge in [0.15, 0.2) is 0 Å². The highest BCUT2D eigenvalue weighted by Crippen LogP contribution is 2.39. The van der Waals surface area contributed by atoms with Crippen molar-refractivity contribution in [3.63, 3.8) is 0 Å². The van der Waals surface area contributed by atoms with Crippen molar-refractivity contribution in [2.75, 3.05) is 18.2 Å². The van der Waals surface area contributed by atoms with Gasteiger partial charge in [0.2, 0.25) is 5.91 Å². The van der Waals surface area contributed by atoms with Crippen LogP contribution in [0.1, 0.15) is 10.4 Å². The summed E-state index contributed by atoms with van der Waals surface area (Å²) in [6.07, 6.45) is -1.01. The summed E-state index contributed by atoms with van der Waals surface area (Å²) in [6.45, 7) is 0. The van der Waals surface area contributed by atoms with E-state index in [1.807, 2.05) is 48.5 Å². The second-order valence-corrected chi connectivity index (χ2v) is 8.94. The number of nitrogens with zero attached hydrogens (tertiary/aromatic N) is 1. The molecule has 0 aromatic heterocycles. The molecule has 4 rings (SSSR count). The van der Waals surface area contributed by atoms with Crippen LogP contribution in [0.5, 0.6) is 0 Å². The highest BCUT2D eigenvalue weighted by molar-refractivity contribution is 7.52. The predicted molar refractivity (Wildman–Crippen MR) is 123 cm³/mol. The molecule has 2 N–H and O–H groups in total. The molecule has 1 amide bonds. The Balaban J connectivity index is 1.98. The van der Waals surface area contributed by atoms with Crippen molar-refractivity contribution in [3.8, 4) is 0 Å². The average molecular weight is 449 g/mol. The molecule has 0 radical (unpaired) electrons. The van der Waals surface area contributed by atoms with Crippen LogP contribution in [0.25, 0.3) is 21.5 Å². The number of anilines is 2. The Labute approximate surface area is 184 Å². The van der Waals surface area contributed by atoms with Crippen molar-refractivity contribution in [3.05, 3.63) is 84.4 Å². The van der Waals surface area contributed by atoms with Gasteiger partial charge in [0.1, 0.15) is 6.16 Å². The minimum Gasteiger partial charge on any atom is -0.465 e. The maximum absolute atomic E-state index is 13.2. The Morgan fingerprint density at radius 1 is 0.844 bits per heavy atom. The smallest absolute Gasteiger partial charge is 0.340 e. The van der Waals surface area contributed by atoms with Crippen molar-refractivity contribution in [1.29, 1.82) is 0 Å². The molecule has 0 aliphatic heterocycles. The van der Waals surface area contributed by atoms with Crippen LogP contribution < -0.4 is 4.90 Å². The van der Waals surface area contributed by atoms with Crippen molar-refractivity contribution in [2.45, 2.75) is 0 Å². The number of ether oxygens (including phenoxy) is 1. The molecule has 0 atom stereocenters. The lowest BCUT2D eigenvalue weighted by Crippen LogP contribution is -2.30. The number of methoxy groups -OCH3 is 1. The number of carbonyl (C=O) groups excluding carboxylic acids is 2. The summed E-state index contributed by atoms with van der Waals surface area (Å²) in [5.41, 5.74) is 0.672. The number of carbonyl (C=O) groups is 2. The standard InChI is InChI=1S/C24H20NO6P/c1-31-24(27)21-13-18-8-4-5-9-19(18)14-22(21)25(23(26)15-32(28,29)30)20-11-10-16-6-2-3-7-17(16)12-20/h2-14H,15H2,1H3,(H2,28,29,30). The zero-order valence-corrected chi connectivity index (χ0v) is 18.0. The van der Waals surface area contributed by atoms with E-state index in [1.54, 1.807) is 30.3 Å². The van der Waals surface area contributed by atoms with Crippen molar-refractivity contribution in [1.82, 2.24) is 0 Å². The monoisotopic (exact) mass is 449 g/mol. The summed E-state index contributed by atoms with van der Waals surface area (Å²) in [4.78, 5) is 45.9. The summed E-state index contributed by atoms with van der Waals surface area (Å²) >= 11 is 0. The third-order valence-electron chi connectivity index (χ3n) is 5.09. The molecule has 0 aliphatic carbocycles. The van der Waals surface area contributed by atoms with E-state index in [1.165, 1.54) is 12.0 Å². The average Bonchev–Trinajstić information content (AvgIpc) is 2.77. The first-order valence-electron chi connectivity index (χ1n) is 9.74. The van der Waals surface area contributed by atoms with Gasteiger partial charge in [0, 0.05) is 5.69 Å². The zero-order chi connectivity index (χ0) is 22.9. The molecule has 4 aromatic carbocycles. The Morgan fingerprint density at radius 2 is 1.41 bits per heavy atom. The van der Waals surface area contributed by atoms with Gasteiger partial charge in [-0.05, 0) is 45.8 Å². The number of esters is 1. The minimum absolute atomic E-state index is 0.110. The minimum atomic E-state index is -4.67. The molecular formula is C24H20NO6P. The normalized spacial score (nSPS) is 11.5. The fraction of sp³-hybridized carbons (Fsp3) is 0.0833. The fourth-order valence-corrected chi connectivity index (χ4v) is 4.16. The van der Waals surface area contributed by atoms with Crippen molar-refractivity contribution >= 4 is 52.4 Å². The highest BCUT2D eigenvalue weighted by atomic mass is 31.2. The lowest BCUT2D eigenvalue weighted by Gasteiger charge is -2.26. The fourth-order valence-electron chi connectivity index (χ4n) is 3.67. The molecule has 0 heterocycles. The van der Waals surface area contributed by atoms with E-state index in [9.17, 15) is 23.9 Å². The molecule has 7 nitrogen and oxygen atoms in total. The van der Waals surface area contributed by atoms with Gasteiger partial charge in [-0.1, -0.05) is 54.6 Å². The van der Waals surface area contributed by atoms with Crippen LogP contribution in [0, 0.1) is 0 Å². The number of amides is 1. The molecule has 4 aromatic rings. The van der Waals surface area contributed by atoms with Gasteiger partial charge >= 0.3 is 13.6 Å². The summed E-state index contributed by atoms with van der Waals surface area (Å²) < 4.78 is 16.6. The molecule has 8 heteroatoms. The number of hydrogen-bond acceptors (Lipinski definition) is 4. The molecule has 0 unspecified atom stereocenters. The van der Waals surface area contributed by atoms with E-state index < -0.39 is 25.6 Å². The van der Waals surface area contributed by atoms with Crippen molar-refractivity contribution < 1.29 is 28.7 Å². The first kappa shape index (κ1) is 21.7. The molecule has 0 fully saturated rings. The van der Waals surface area contributed by atoms with Gasteiger partial charge in [0.25, 0.3) is 0 Å². The van der Waals surface area contributed by atoms with Crippen LogP contribution in [-0.4, -0.2) is 34.9 Å². The second kappa shape index (κ2) is 8.55. The third-order valence-corrected chi connectivity index (χ3v) is 5.77. The molecule has 0 saturated carbocycles. The predicted octanol–water partition coefficient (Wildman–Crippen LogP) is 4.62. The van der Waals surface area contributed by atoms with Gasteiger partial charge in [-0.3, -0.25) is 14.3 Å². The summed E-state index contributed by atoms with van der Waals surface area (Å²) in [7, 11) is -3.43. The van der Waals surface area contributed by atoms with E-state index in [0.29, 0.717) is 5.69 Å². The Bertz CT molecular complexity index is 1390. The third kappa shape index (κ3) is 4.41. The molecular weight excluding hydrogens is 429 g/mol. The molecule has 0 saturated heterocycles. The zero-order valence-electron chi connectivity index (χ0n) is 17.1. The SMILES string of the molecule is COC(=O)c1cc2ccccc2cc1N(C(=O)CP(=O)(O)O)c1ccc2ccccc2c1. The van der Waals surface area contributed by atoms with Gasteiger partial charge in [-0.2, -0.15) is 0 Å². The van der Waals surface area contributed by atoms with E-state index in [-0.39, 0.29) is 11.3 Å². The summed E-state index contributed by atoms with van der Waals surface area (Å²) in [5.74, 6) is -1.51. The van der Waals surface area contributed by atoms with E-state index in [2.05, 4.69) is 0 Å². The lowest BCUT2D eigenvalue weighted by atomic mass is 10.0. The maximum atomic E-state index is 13.2. The van der Waals surface area contributed by atoms with Crippen LogP contribution in [0.4, 0.5) is 11.4 Å². The molecule has 162 valence electrons. The van der Waals surface area contributed by atoms with Crippen LogP contribution in [0.3, 0.4) is 0 Å². The number of hydrogen-bond donors (Lipinski definition) is 2. The summed E-state index contributed by atoms with van der Waals surface area (Å²) in [5, 5.41) is 3.28. The molecule has 0 bridgehead atoms. The van der Waals surface area contributed by atoms with Crippen LogP contribution in [0.15, 0.2) is 78.9 Å². The Morgan fingerprint density at radius 3 is 2.00 bits per heavy atom. The first-order chi connectivity index (χ1) is 15.3. The van der Waals surface area contributed by atoms with Gasteiger partial charge in [-0.25, -0.2) is 4.79 Å². The van der Waals surface area contributed by atoms with E-state index in [4.69, 9.17) is 4.74 Å². The number of rotatable bonds is 5. The maximum Gasteiger partial charge on any atom is 0.340 e. The molecule has 32 heavy (non-hydrogen) atoms. The Hall–Kier alpha value is -3.51. The first-order valence-corrected chi connectivity index (χ1v) is 11.5. The van der Waals surface area contributed by atoms with Gasteiger partial charge in [-0.15, -0.1) is 0 Å². The Kier molecular flexibility index (Phi) is 5.80. The topological polar surface area (TPSA) is 104 Å². The van der Waals surface area contributed by atoms with E-state index >= 15 is 0 Å². The second-order valence-electron chi connectivity index (χ2n) is 7.29. The number of benzene rings is 4. The summed E-state index contributed by atoms with van der Waals surface area (Å²) in [6, 6.07) is 23.3. The van der Waals surface area contributed by atoms with Crippen molar-refractivity contribution in [2.24, 2.45) is 0 Å². The van der Waals surface area contributed by atoms with Crippen LogP contribution >= 0.6 is 7.60 Å². The highest BCUT2D eigenvalue weighted by Gasteiger charge is 2.29. The van der Waals surface area contributed by atoms with Crippen LogP contribution in [-0.2, 0) is 14.1 Å². The van der Waals surface area contributed by atoms with E-state index in [0.717, 1.165) is 21.5 Å². The van der Waals surface area contributed by atoms with Crippen LogP contribution in [0.2, 0.25) is 0 Å². The van der Waals surface area contributed by atoms with Gasteiger partial charge in [0.05, 0.1) is 18.4 Å².